The fourth-order valence-corrected chi connectivity index (χ4v) is 3.09. The molecule has 0 fully saturated rings. The fourth-order valence-electron chi connectivity index (χ4n) is 1.89. The van der Waals surface area contributed by atoms with E-state index in [1.165, 1.54) is 0 Å². The largest absolute Gasteiger partial charge is 0.334 e. The lowest BCUT2D eigenvalue weighted by atomic mass is 10.2. The van der Waals surface area contributed by atoms with E-state index in [1.54, 1.807) is 18.2 Å². The van der Waals surface area contributed by atoms with Crippen molar-refractivity contribution in [1.29, 1.82) is 0 Å². The van der Waals surface area contributed by atoms with Crippen molar-refractivity contribution >= 4 is 45.8 Å². The summed E-state index contributed by atoms with van der Waals surface area (Å²) in [5.74, 6) is 0. The number of nitrogens with zero attached hydrogens (tertiary/aromatic N) is 1. The van der Waals surface area contributed by atoms with Gasteiger partial charge in [-0.05, 0) is 47.2 Å². The Morgan fingerprint density at radius 1 is 1.30 bits per heavy atom. The van der Waals surface area contributed by atoms with E-state index in [1.807, 2.05) is 6.92 Å². The number of hydrogen-bond acceptors (Lipinski definition) is 2. The van der Waals surface area contributed by atoms with Crippen LogP contribution in [0, 0.1) is 3.57 Å². The number of halogens is 3. The van der Waals surface area contributed by atoms with Gasteiger partial charge in [0.15, 0.2) is 0 Å². The van der Waals surface area contributed by atoms with Gasteiger partial charge in [0.1, 0.15) is 5.15 Å². The third kappa shape index (κ3) is 2.94. The van der Waals surface area contributed by atoms with Gasteiger partial charge in [0.2, 0.25) is 0 Å². The third-order valence-corrected chi connectivity index (χ3v) is 4.09. The molecule has 0 aliphatic heterocycles. The Morgan fingerprint density at radius 2 is 2.00 bits per heavy atom. The number of H-pyrrole nitrogens is 1. The maximum Gasteiger partial charge on any atom is 0.334 e. The first-order chi connectivity index (χ1) is 9.45. The first-order valence-electron chi connectivity index (χ1n) is 5.94. The van der Waals surface area contributed by atoms with Gasteiger partial charge in [-0.2, -0.15) is 0 Å². The second-order valence-electron chi connectivity index (χ2n) is 4.21. The van der Waals surface area contributed by atoms with Gasteiger partial charge in [0.05, 0.1) is 16.3 Å². The minimum Gasteiger partial charge on any atom is -0.297 e. The highest BCUT2D eigenvalue weighted by Gasteiger charge is 2.15. The van der Waals surface area contributed by atoms with E-state index >= 15 is 0 Å². The fraction of sp³-hybridized carbons (Fsp3) is 0.231. The standard InChI is InChI=1S/C13H11Cl2IN2O2/c1-2-3-8-11(15)17-13(20)18(12(8)19)10-5-4-7(16)6-9(10)14/h4-6H,2-3H2,1H3,(H,17,20). The number of rotatable bonds is 3. The number of aromatic nitrogens is 2. The van der Waals surface area contributed by atoms with Gasteiger partial charge < -0.3 is 0 Å². The highest BCUT2D eigenvalue weighted by atomic mass is 127. The molecule has 0 spiro atoms. The SMILES string of the molecule is CCCc1c(Cl)[nH]c(=O)n(-c2ccc(I)cc2Cl)c1=O. The molecule has 1 heterocycles. The van der Waals surface area contributed by atoms with E-state index in [0.29, 0.717) is 22.7 Å². The van der Waals surface area contributed by atoms with Gasteiger partial charge in [-0.1, -0.05) is 36.5 Å². The van der Waals surface area contributed by atoms with Crippen LogP contribution in [0.15, 0.2) is 27.8 Å². The zero-order valence-electron chi connectivity index (χ0n) is 10.5. The minimum absolute atomic E-state index is 0.0970. The van der Waals surface area contributed by atoms with Crippen LogP contribution in [-0.2, 0) is 6.42 Å². The molecule has 0 amide bonds. The van der Waals surface area contributed by atoms with Crippen LogP contribution in [0.25, 0.3) is 5.69 Å². The molecule has 0 saturated heterocycles. The van der Waals surface area contributed by atoms with E-state index < -0.39 is 11.2 Å². The average Bonchev–Trinajstić information content (AvgIpc) is 2.37. The summed E-state index contributed by atoms with van der Waals surface area (Å²) >= 11 is 14.2. The molecule has 0 radical (unpaired) electrons. The van der Waals surface area contributed by atoms with Crippen molar-refractivity contribution in [2.45, 2.75) is 19.8 Å². The maximum absolute atomic E-state index is 12.4. The Morgan fingerprint density at radius 3 is 2.60 bits per heavy atom. The third-order valence-electron chi connectivity index (χ3n) is 2.80. The molecule has 2 rings (SSSR count). The van der Waals surface area contributed by atoms with Crippen molar-refractivity contribution in [2.24, 2.45) is 0 Å². The van der Waals surface area contributed by atoms with E-state index in [4.69, 9.17) is 23.2 Å². The Bertz CT molecular complexity index is 768. The maximum atomic E-state index is 12.4. The van der Waals surface area contributed by atoms with Crippen molar-refractivity contribution in [2.75, 3.05) is 0 Å². The molecule has 0 bridgehead atoms. The Labute approximate surface area is 138 Å². The molecule has 4 nitrogen and oxygen atoms in total. The molecule has 1 aromatic carbocycles. The highest BCUT2D eigenvalue weighted by Crippen LogP contribution is 2.21. The quantitative estimate of drug-likeness (QED) is 0.606. The highest BCUT2D eigenvalue weighted by molar-refractivity contribution is 14.1. The molecule has 1 N–H and O–H groups in total. The van der Waals surface area contributed by atoms with Crippen molar-refractivity contribution in [3.8, 4) is 5.69 Å². The molecule has 0 atom stereocenters. The summed E-state index contributed by atoms with van der Waals surface area (Å²) in [7, 11) is 0. The summed E-state index contributed by atoms with van der Waals surface area (Å²) in [5, 5.41) is 0.439. The average molecular weight is 425 g/mol. The summed E-state index contributed by atoms with van der Waals surface area (Å²) in [6.07, 6.45) is 1.25. The van der Waals surface area contributed by atoms with Crippen LogP contribution in [0.4, 0.5) is 0 Å². The predicted molar refractivity (Wildman–Crippen MR) is 89.4 cm³/mol. The van der Waals surface area contributed by atoms with Gasteiger partial charge >= 0.3 is 5.69 Å². The molecule has 0 saturated carbocycles. The van der Waals surface area contributed by atoms with E-state index in [0.717, 1.165) is 14.6 Å². The van der Waals surface area contributed by atoms with Crippen LogP contribution >= 0.6 is 45.8 Å². The van der Waals surface area contributed by atoms with E-state index in [2.05, 4.69) is 27.6 Å². The van der Waals surface area contributed by atoms with Crippen molar-refractivity contribution < 1.29 is 0 Å². The lowest BCUT2D eigenvalue weighted by Gasteiger charge is -2.10. The van der Waals surface area contributed by atoms with Gasteiger partial charge in [-0.3, -0.25) is 9.78 Å². The van der Waals surface area contributed by atoms with Gasteiger partial charge in [0.25, 0.3) is 5.56 Å². The molecule has 106 valence electrons. The molecular formula is C13H11Cl2IN2O2. The summed E-state index contributed by atoms with van der Waals surface area (Å²) < 4.78 is 1.94. The van der Waals surface area contributed by atoms with Crippen molar-refractivity contribution in [3.63, 3.8) is 0 Å². The molecule has 2 aromatic rings. The zero-order valence-corrected chi connectivity index (χ0v) is 14.2. The molecule has 20 heavy (non-hydrogen) atoms. The van der Waals surface area contributed by atoms with Crippen LogP contribution in [0.2, 0.25) is 10.2 Å². The van der Waals surface area contributed by atoms with Crippen molar-refractivity contribution in [1.82, 2.24) is 9.55 Å². The summed E-state index contributed by atoms with van der Waals surface area (Å²) in [6, 6.07) is 5.11. The summed E-state index contributed by atoms with van der Waals surface area (Å²) in [4.78, 5) is 26.9. The number of aromatic amines is 1. The van der Waals surface area contributed by atoms with Gasteiger partial charge in [-0.15, -0.1) is 0 Å². The van der Waals surface area contributed by atoms with Crippen LogP contribution < -0.4 is 11.2 Å². The Kier molecular flexibility index (Phi) is 4.93. The predicted octanol–water partition coefficient (Wildman–Crippen LogP) is 3.39. The smallest absolute Gasteiger partial charge is 0.297 e. The van der Waals surface area contributed by atoms with E-state index in [9.17, 15) is 9.59 Å². The molecule has 0 unspecified atom stereocenters. The number of benzene rings is 1. The minimum atomic E-state index is -0.594. The molecule has 1 aromatic heterocycles. The first-order valence-corrected chi connectivity index (χ1v) is 7.78. The number of hydrogen-bond donors (Lipinski definition) is 1. The second kappa shape index (κ2) is 6.32. The normalized spacial score (nSPS) is 10.8. The monoisotopic (exact) mass is 424 g/mol. The summed E-state index contributed by atoms with van der Waals surface area (Å²) in [6.45, 7) is 1.93. The van der Waals surface area contributed by atoms with Gasteiger partial charge in [0, 0.05) is 3.57 Å². The van der Waals surface area contributed by atoms with Crippen LogP contribution in [0.3, 0.4) is 0 Å². The second-order valence-corrected chi connectivity index (χ2v) is 6.24. The Hall–Kier alpha value is -0.790. The van der Waals surface area contributed by atoms with Crippen molar-refractivity contribution in [3.05, 3.63) is 58.3 Å². The lowest BCUT2D eigenvalue weighted by molar-refractivity contribution is 0.812. The Balaban J connectivity index is 2.77. The first kappa shape index (κ1) is 15.6. The molecule has 0 aliphatic carbocycles. The summed E-state index contributed by atoms with van der Waals surface area (Å²) in [5.41, 5.74) is -0.276. The topological polar surface area (TPSA) is 54.9 Å². The lowest BCUT2D eigenvalue weighted by Crippen LogP contribution is -2.36. The van der Waals surface area contributed by atoms with E-state index in [-0.39, 0.29) is 5.15 Å². The molecule has 7 heteroatoms. The zero-order chi connectivity index (χ0) is 14.9. The molecule has 0 aliphatic rings. The van der Waals surface area contributed by atoms with Crippen LogP contribution in [0.1, 0.15) is 18.9 Å². The van der Waals surface area contributed by atoms with Gasteiger partial charge in [-0.25, -0.2) is 9.36 Å². The number of nitrogens with one attached hydrogen (secondary N) is 1. The van der Waals surface area contributed by atoms with Crippen LogP contribution in [-0.4, -0.2) is 9.55 Å². The van der Waals surface area contributed by atoms with Crippen LogP contribution in [0.5, 0.6) is 0 Å². The molecular weight excluding hydrogens is 414 g/mol.